The van der Waals surface area contributed by atoms with Crippen molar-refractivity contribution in [1.29, 1.82) is 0 Å². The molecule has 0 saturated heterocycles. The van der Waals surface area contributed by atoms with Gasteiger partial charge in [0.05, 0.1) is 17.1 Å². The first kappa shape index (κ1) is 28.7. The standard InChI is InChI=1S/C30H28ClFN6O4/c1-18(39)29-23-14-21(35-30(42)34-20-7-3-2-4-8-20)10-13-25(23)38(36-29)17-27(41)37(22-11-12-22)16-26(40)33-15-19-6-5-9-24(31)28(19)32/h2-10,13-14,22H,11-12,15-17H2,1H3,(H,33,40)(H2,34,35,42). The largest absolute Gasteiger partial charge is 0.350 e. The second-order valence-corrected chi connectivity index (χ2v) is 10.4. The van der Waals surface area contributed by atoms with Crippen molar-refractivity contribution in [2.24, 2.45) is 0 Å². The Kier molecular flexibility index (Phi) is 8.48. The molecule has 1 fully saturated rings. The molecule has 1 aromatic heterocycles. The van der Waals surface area contributed by atoms with Crippen LogP contribution in [0.15, 0.2) is 66.7 Å². The van der Waals surface area contributed by atoms with Crippen LogP contribution in [-0.4, -0.2) is 50.9 Å². The summed E-state index contributed by atoms with van der Waals surface area (Å²) in [6, 6.07) is 17.9. The van der Waals surface area contributed by atoms with E-state index in [1.807, 2.05) is 6.07 Å². The number of halogens is 2. The highest BCUT2D eigenvalue weighted by molar-refractivity contribution is 6.30. The molecule has 5 rings (SSSR count). The second-order valence-electron chi connectivity index (χ2n) is 9.98. The molecule has 0 bridgehead atoms. The molecule has 1 aliphatic carbocycles. The minimum absolute atomic E-state index is 0.0359. The minimum Gasteiger partial charge on any atom is -0.350 e. The summed E-state index contributed by atoms with van der Waals surface area (Å²) in [5.74, 6) is -1.68. The van der Waals surface area contributed by atoms with Crippen molar-refractivity contribution in [3.63, 3.8) is 0 Å². The molecule has 10 nitrogen and oxygen atoms in total. The van der Waals surface area contributed by atoms with Gasteiger partial charge < -0.3 is 20.9 Å². The van der Waals surface area contributed by atoms with E-state index in [-0.39, 0.29) is 53.6 Å². The molecule has 0 atom stereocenters. The van der Waals surface area contributed by atoms with Crippen LogP contribution in [0.5, 0.6) is 0 Å². The van der Waals surface area contributed by atoms with Crippen molar-refractivity contribution in [2.75, 3.05) is 17.2 Å². The monoisotopic (exact) mass is 590 g/mol. The number of nitrogens with zero attached hydrogens (tertiary/aromatic N) is 3. The highest BCUT2D eigenvalue weighted by Crippen LogP contribution is 2.28. The average molecular weight is 591 g/mol. The molecule has 1 heterocycles. The fourth-order valence-electron chi connectivity index (χ4n) is 4.57. The van der Waals surface area contributed by atoms with E-state index in [1.54, 1.807) is 48.5 Å². The van der Waals surface area contributed by atoms with Gasteiger partial charge in [0.25, 0.3) is 0 Å². The number of benzene rings is 3. The number of urea groups is 1. The normalized spacial score (nSPS) is 12.5. The fraction of sp³-hybridized carbons (Fsp3) is 0.233. The van der Waals surface area contributed by atoms with E-state index in [0.717, 1.165) is 12.8 Å². The van der Waals surface area contributed by atoms with Crippen LogP contribution in [0, 0.1) is 5.82 Å². The van der Waals surface area contributed by atoms with Crippen LogP contribution in [0.4, 0.5) is 20.6 Å². The van der Waals surface area contributed by atoms with Crippen molar-refractivity contribution in [1.82, 2.24) is 20.0 Å². The molecule has 1 aliphatic rings. The summed E-state index contributed by atoms with van der Waals surface area (Å²) in [6.07, 6.45) is 1.53. The number of ketones is 1. The quantitative estimate of drug-likeness (QED) is 0.225. The zero-order valence-electron chi connectivity index (χ0n) is 22.7. The number of carbonyl (C=O) groups is 4. The summed E-state index contributed by atoms with van der Waals surface area (Å²) < 4.78 is 15.6. The zero-order valence-corrected chi connectivity index (χ0v) is 23.5. The Hall–Kier alpha value is -4.77. The molecule has 1 saturated carbocycles. The van der Waals surface area contributed by atoms with E-state index >= 15 is 0 Å². The number of hydrogen-bond acceptors (Lipinski definition) is 5. The highest BCUT2D eigenvalue weighted by atomic mass is 35.5. The molecule has 0 aliphatic heterocycles. The molecule has 0 radical (unpaired) electrons. The highest BCUT2D eigenvalue weighted by Gasteiger charge is 2.34. The lowest BCUT2D eigenvalue weighted by atomic mass is 10.1. The topological polar surface area (TPSA) is 125 Å². The first-order valence-corrected chi connectivity index (χ1v) is 13.7. The number of fused-ring (bicyclic) bond motifs is 1. The minimum atomic E-state index is -0.600. The third-order valence-corrected chi connectivity index (χ3v) is 7.08. The van der Waals surface area contributed by atoms with Crippen molar-refractivity contribution < 1.29 is 23.6 Å². The molecule has 4 amide bonds. The van der Waals surface area contributed by atoms with Gasteiger partial charge in [0, 0.05) is 41.8 Å². The number of carbonyl (C=O) groups excluding carboxylic acids is 4. The molecule has 4 aromatic rings. The smallest absolute Gasteiger partial charge is 0.323 e. The Bertz CT molecular complexity index is 1670. The fourth-order valence-corrected chi connectivity index (χ4v) is 4.76. The van der Waals surface area contributed by atoms with E-state index in [2.05, 4.69) is 21.0 Å². The summed E-state index contributed by atoms with van der Waals surface area (Å²) in [4.78, 5) is 52.4. The Morgan fingerprint density at radius 1 is 1.00 bits per heavy atom. The van der Waals surface area contributed by atoms with Crippen LogP contribution in [0.3, 0.4) is 0 Å². The summed E-state index contributed by atoms with van der Waals surface area (Å²) in [7, 11) is 0. The number of para-hydroxylation sites is 1. The number of Topliss-reactive ketones (excluding diaryl/α,β-unsaturated/α-hetero) is 1. The number of nitrogens with one attached hydrogen (secondary N) is 3. The maximum absolute atomic E-state index is 14.2. The van der Waals surface area contributed by atoms with E-state index in [4.69, 9.17) is 11.6 Å². The Balaban J connectivity index is 1.28. The van der Waals surface area contributed by atoms with Gasteiger partial charge in [0.15, 0.2) is 5.78 Å². The lowest BCUT2D eigenvalue weighted by Crippen LogP contribution is -2.43. The van der Waals surface area contributed by atoms with Crippen LogP contribution in [0.1, 0.15) is 35.8 Å². The molecule has 42 heavy (non-hydrogen) atoms. The molecule has 3 N–H and O–H groups in total. The van der Waals surface area contributed by atoms with Crippen LogP contribution >= 0.6 is 11.6 Å². The zero-order chi connectivity index (χ0) is 29.8. The van der Waals surface area contributed by atoms with Crippen molar-refractivity contribution >= 4 is 57.5 Å². The molecule has 3 aromatic carbocycles. The van der Waals surface area contributed by atoms with E-state index in [0.29, 0.717) is 22.3 Å². The second kappa shape index (κ2) is 12.4. The van der Waals surface area contributed by atoms with Gasteiger partial charge in [-0.1, -0.05) is 41.9 Å². The SMILES string of the molecule is CC(=O)c1nn(CC(=O)N(CC(=O)NCc2cccc(Cl)c2F)C2CC2)c2ccc(NC(=O)Nc3ccccc3)cc12. The summed E-state index contributed by atoms with van der Waals surface area (Å²) >= 11 is 5.81. The predicted molar refractivity (Wildman–Crippen MR) is 157 cm³/mol. The molecule has 0 unspecified atom stereocenters. The molecule has 0 spiro atoms. The Morgan fingerprint density at radius 3 is 2.45 bits per heavy atom. The van der Waals surface area contributed by atoms with Gasteiger partial charge in [-0.05, 0) is 49.2 Å². The first-order valence-electron chi connectivity index (χ1n) is 13.3. The van der Waals surface area contributed by atoms with Crippen molar-refractivity contribution in [3.8, 4) is 0 Å². The van der Waals surface area contributed by atoms with Gasteiger partial charge >= 0.3 is 6.03 Å². The number of rotatable bonds is 10. The van der Waals surface area contributed by atoms with Gasteiger partial charge in [-0.25, -0.2) is 9.18 Å². The number of amides is 4. The van der Waals surface area contributed by atoms with E-state index < -0.39 is 17.8 Å². The third-order valence-electron chi connectivity index (χ3n) is 6.79. The number of anilines is 2. The summed E-state index contributed by atoms with van der Waals surface area (Å²) in [5, 5.41) is 13.0. The maximum atomic E-state index is 14.2. The molecule has 216 valence electrons. The lowest BCUT2D eigenvalue weighted by Gasteiger charge is -2.22. The average Bonchev–Trinajstić information content (AvgIpc) is 3.74. The number of hydrogen-bond donors (Lipinski definition) is 3. The first-order chi connectivity index (χ1) is 20.2. The number of aromatic nitrogens is 2. The van der Waals surface area contributed by atoms with Gasteiger partial charge in [0.2, 0.25) is 11.8 Å². The lowest BCUT2D eigenvalue weighted by molar-refractivity contribution is -0.137. The van der Waals surface area contributed by atoms with Gasteiger partial charge in [-0.15, -0.1) is 0 Å². The molecular weight excluding hydrogens is 563 g/mol. The van der Waals surface area contributed by atoms with E-state index in [9.17, 15) is 23.6 Å². The van der Waals surface area contributed by atoms with E-state index in [1.165, 1.54) is 28.6 Å². The Morgan fingerprint density at radius 2 is 1.74 bits per heavy atom. The third kappa shape index (κ3) is 6.74. The van der Waals surface area contributed by atoms with Crippen LogP contribution < -0.4 is 16.0 Å². The van der Waals surface area contributed by atoms with Gasteiger partial charge in [0.1, 0.15) is 18.1 Å². The summed E-state index contributed by atoms with van der Waals surface area (Å²) in [6.45, 7) is 0.913. The van der Waals surface area contributed by atoms with Crippen molar-refractivity contribution in [3.05, 3.63) is 88.8 Å². The predicted octanol–water partition coefficient (Wildman–Crippen LogP) is 4.98. The van der Waals surface area contributed by atoms with Crippen LogP contribution in [0.2, 0.25) is 5.02 Å². The Labute approximate surface area is 245 Å². The van der Waals surface area contributed by atoms with Crippen LogP contribution in [-0.2, 0) is 22.7 Å². The van der Waals surface area contributed by atoms with Gasteiger partial charge in [-0.3, -0.25) is 19.1 Å². The maximum Gasteiger partial charge on any atom is 0.323 e. The van der Waals surface area contributed by atoms with Crippen LogP contribution in [0.25, 0.3) is 10.9 Å². The van der Waals surface area contributed by atoms with Gasteiger partial charge in [-0.2, -0.15) is 5.10 Å². The summed E-state index contributed by atoms with van der Waals surface area (Å²) in [5.41, 5.74) is 1.99. The van der Waals surface area contributed by atoms with Crippen molar-refractivity contribution in [2.45, 2.75) is 38.9 Å². The molecular formula is C30H28ClFN6O4. The molecule has 12 heteroatoms.